The van der Waals surface area contributed by atoms with Crippen molar-refractivity contribution in [3.05, 3.63) is 35.0 Å². The van der Waals surface area contributed by atoms with E-state index in [2.05, 4.69) is 9.80 Å². The first-order valence-corrected chi connectivity index (χ1v) is 17.9. The fourth-order valence-corrected chi connectivity index (χ4v) is 8.10. The fraction of sp³-hybridized carbons (Fsp3) is 0.690. The van der Waals surface area contributed by atoms with E-state index in [0.29, 0.717) is 62.8 Å². The lowest BCUT2D eigenvalue weighted by molar-refractivity contribution is -0.139. The van der Waals surface area contributed by atoms with Gasteiger partial charge in [-0.25, -0.2) is 8.42 Å². The lowest BCUT2D eigenvalue weighted by atomic mass is 10.0. The van der Waals surface area contributed by atoms with Crippen molar-refractivity contribution in [2.45, 2.75) is 62.4 Å². The lowest BCUT2D eigenvalue weighted by Crippen LogP contribution is -2.44. The molecule has 240 valence electrons. The zero-order valence-corrected chi connectivity index (χ0v) is 26.3. The van der Waals surface area contributed by atoms with Gasteiger partial charge in [-0.15, -0.1) is 11.8 Å². The van der Waals surface area contributed by atoms with Crippen LogP contribution >= 0.6 is 11.8 Å². The second-order valence-electron chi connectivity index (χ2n) is 11.6. The molecule has 0 spiro atoms. The van der Waals surface area contributed by atoms with E-state index in [9.17, 15) is 26.7 Å². The van der Waals surface area contributed by atoms with Gasteiger partial charge in [0.15, 0.2) is 0 Å². The van der Waals surface area contributed by atoms with Gasteiger partial charge >= 0.3 is 6.18 Å². The minimum atomic E-state index is -4.51. The number of aryl methyl sites for hydroxylation is 1. The lowest BCUT2D eigenvalue weighted by Gasteiger charge is -2.31. The molecule has 0 amide bonds. The van der Waals surface area contributed by atoms with Crippen molar-refractivity contribution in [3.63, 3.8) is 0 Å². The first-order valence-electron chi connectivity index (χ1n) is 15.1. The normalized spacial score (nSPS) is 21.3. The summed E-state index contributed by atoms with van der Waals surface area (Å²) in [6, 6.07) is 4.14. The Morgan fingerprint density at radius 2 is 1.86 bits per heavy atom. The molecule has 1 unspecified atom stereocenters. The molecule has 1 N–H and O–H groups in total. The van der Waals surface area contributed by atoms with Crippen LogP contribution in [0.4, 0.5) is 13.2 Å². The highest BCUT2D eigenvalue weighted by Crippen LogP contribution is 2.40. The number of likely N-dealkylation sites (tertiary alicyclic amines) is 1. The highest BCUT2D eigenvalue weighted by atomic mass is 32.2. The third-order valence-electron chi connectivity index (χ3n) is 8.51. The number of aromatic nitrogens is 2. The molecule has 1 atom stereocenters. The SMILES string of the molecule is CS(=O)(=O)N1CCc2c(c(-c3ccc(C(F)(F)F)c(SCCN4CCOC(CO)C4)c3)nn2CCCN2CCCCC2)C1. The molecule has 0 bridgehead atoms. The number of sulfonamides is 1. The number of hydrogen-bond donors (Lipinski definition) is 1. The minimum absolute atomic E-state index is 0.0874. The fourth-order valence-electron chi connectivity index (χ4n) is 6.19. The van der Waals surface area contributed by atoms with E-state index in [1.165, 1.54) is 35.9 Å². The summed E-state index contributed by atoms with van der Waals surface area (Å²) in [6.07, 6.45) is 1.51. The Kier molecular flexibility index (Phi) is 10.8. The molecule has 2 fully saturated rings. The molecule has 1 aromatic heterocycles. The molecule has 43 heavy (non-hydrogen) atoms. The quantitative estimate of drug-likeness (QED) is 0.372. The first kappa shape index (κ1) is 32.7. The van der Waals surface area contributed by atoms with E-state index in [4.69, 9.17) is 9.84 Å². The van der Waals surface area contributed by atoms with Crippen molar-refractivity contribution < 1.29 is 31.4 Å². The van der Waals surface area contributed by atoms with Crippen LogP contribution in [0.15, 0.2) is 23.1 Å². The van der Waals surface area contributed by atoms with Gasteiger partial charge in [0.25, 0.3) is 0 Å². The Morgan fingerprint density at radius 3 is 2.58 bits per heavy atom. The molecule has 3 aliphatic heterocycles. The van der Waals surface area contributed by atoms with Gasteiger partial charge in [0, 0.05) is 73.2 Å². The molecular formula is C29H42F3N5O4S2. The van der Waals surface area contributed by atoms with E-state index >= 15 is 0 Å². The Morgan fingerprint density at radius 1 is 1.07 bits per heavy atom. The molecule has 3 aliphatic rings. The molecule has 0 saturated carbocycles. The Bertz CT molecular complexity index is 1350. The van der Waals surface area contributed by atoms with Gasteiger partial charge < -0.3 is 14.7 Å². The Balaban J connectivity index is 1.39. The number of alkyl halides is 3. The largest absolute Gasteiger partial charge is 0.417 e. The smallest absolute Gasteiger partial charge is 0.394 e. The molecule has 14 heteroatoms. The highest BCUT2D eigenvalue weighted by molar-refractivity contribution is 7.99. The zero-order valence-electron chi connectivity index (χ0n) is 24.7. The first-order chi connectivity index (χ1) is 20.5. The number of morpholine rings is 1. The monoisotopic (exact) mass is 645 g/mol. The van der Waals surface area contributed by atoms with Crippen LogP contribution in [0, 0.1) is 0 Å². The maximum absolute atomic E-state index is 14.0. The van der Waals surface area contributed by atoms with Crippen LogP contribution in [0.1, 0.15) is 42.5 Å². The minimum Gasteiger partial charge on any atom is -0.394 e. The number of aliphatic hydroxyl groups excluding tert-OH is 1. The van der Waals surface area contributed by atoms with Gasteiger partial charge in [0.05, 0.1) is 36.8 Å². The number of thioether (sulfide) groups is 1. The summed E-state index contributed by atoms with van der Waals surface area (Å²) in [5.74, 6) is 0.440. The number of ether oxygens (including phenoxy) is 1. The van der Waals surface area contributed by atoms with Crippen molar-refractivity contribution in [1.29, 1.82) is 0 Å². The van der Waals surface area contributed by atoms with Crippen molar-refractivity contribution in [3.8, 4) is 11.3 Å². The molecule has 5 rings (SSSR count). The summed E-state index contributed by atoms with van der Waals surface area (Å²) in [7, 11) is -3.45. The number of fused-ring (bicyclic) bond motifs is 1. The molecule has 2 saturated heterocycles. The number of piperidine rings is 1. The third kappa shape index (κ3) is 8.33. The van der Waals surface area contributed by atoms with Crippen LogP contribution in [0.25, 0.3) is 11.3 Å². The summed E-state index contributed by atoms with van der Waals surface area (Å²) in [6.45, 7) is 6.52. The number of halogens is 3. The second-order valence-corrected chi connectivity index (χ2v) is 14.8. The third-order valence-corrected chi connectivity index (χ3v) is 10.8. The summed E-state index contributed by atoms with van der Waals surface area (Å²) in [5.41, 5.74) is 2.16. The maximum Gasteiger partial charge on any atom is 0.417 e. The average Bonchev–Trinajstić information content (AvgIpc) is 3.35. The molecule has 2 aromatic rings. The average molecular weight is 646 g/mol. The number of hydrogen-bond acceptors (Lipinski definition) is 8. The van der Waals surface area contributed by atoms with E-state index in [0.717, 1.165) is 55.1 Å². The van der Waals surface area contributed by atoms with E-state index in [1.54, 1.807) is 6.07 Å². The van der Waals surface area contributed by atoms with E-state index in [-0.39, 0.29) is 24.2 Å². The predicted molar refractivity (Wildman–Crippen MR) is 161 cm³/mol. The van der Waals surface area contributed by atoms with Crippen LogP contribution in [0.5, 0.6) is 0 Å². The predicted octanol–water partition coefficient (Wildman–Crippen LogP) is 3.55. The molecular weight excluding hydrogens is 603 g/mol. The second kappa shape index (κ2) is 14.2. The van der Waals surface area contributed by atoms with Gasteiger partial charge in [-0.2, -0.15) is 22.6 Å². The topological polar surface area (TPSA) is 91.1 Å². The van der Waals surface area contributed by atoms with Crippen molar-refractivity contribution in [2.75, 3.05) is 71.0 Å². The number of nitrogens with zero attached hydrogens (tertiary/aromatic N) is 5. The van der Waals surface area contributed by atoms with Crippen LogP contribution in [-0.4, -0.2) is 115 Å². The summed E-state index contributed by atoms with van der Waals surface area (Å²) in [4.78, 5) is 4.68. The van der Waals surface area contributed by atoms with Crippen molar-refractivity contribution in [1.82, 2.24) is 23.9 Å². The molecule has 1 aromatic carbocycles. The van der Waals surface area contributed by atoms with E-state index in [1.807, 2.05) is 4.68 Å². The highest BCUT2D eigenvalue weighted by Gasteiger charge is 2.35. The number of rotatable bonds is 11. The van der Waals surface area contributed by atoms with Gasteiger partial charge in [0.1, 0.15) is 0 Å². The van der Waals surface area contributed by atoms with Crippen LogP contribution in [-0.2, 0) is 40.4 Å². The number of benzene rings is 1. The molecule has 0 radical (unpaired) electrons. The van der Waals surface area contributed by atoms with Crippen molar-refractivity contribution in [2.24, 2.45) is 0 Å². The van der Waals surface area contributed by atoms with Gasteiger partial charge in [0.2, 0.25) is 10.0 Å². The summed E-state index contributed by atoms with van der Waals surface area (Å²) in [5, 5.41) is 14.3. The van der Waals surface area contributed by atoms with Crippen LogP contribution in [0.3, 0.4) is 0 Å². The maximum atomic E-state index is 14.0. The zero-order chi connectivity index (χ0) is 30.6. The van der Waals surface area contributed by atoms with Gasteiger partial charge in [-0.1, -0.05) is 12.5 Å². The van der Waals surface area contributed by atoms with Crippen LogP contribution < -0.4 is 0 Å². The van der Waals surface area contributed by atoms with Gasteiger partial charge in [-0.3, -0.25) is 9.58 Å². The van der Waals surface area contributed by atoms with E-state index < -0.39 is 21.8 Å². The molecule has 0 aliphatic carbocycles. The summed E-state index contributed by atoms with van der Waals surface area (Å²) < 4.78 is 75.9. The van der Waals surface area contributed by atoms with Gasteiger partial charge in [-0.05, 0) is 51.0 Å². The summed E-state index contributed by atoms with van der Waals surface area (Å²) >= 11 is 1.15. The Labute approximate surface area is 256 Å². The number of aliphatic hydroxyl groups is 1. The van der Waals surface area contributed by atoms with Crippen LogP contribution in [0.2, 0.25) is 0 Å². The molecule has 9 nitrogen and oxygen atoms in total. The van der Waals surface area contributed by atoms with Crippen molar-refractivity contribution >= 4 is 21.8 Å². The molecule has 4 heterocycles. The standard InChI is InChI=1S/C29H42F3N5O4S2/c1-43(39,40)36-13-8-26-24(20-36)28(33-37(26)12-5-11-34-9-3-2-4-10-34)22-6-7-25(29(30,31)32)27(18-22)42-17-15-35-14-16-41-23(19-35)21-38/h6-7,18,23,38H,2-5,8-17,19-21H2,1H3. The Hall–Kier alpha value is -1.68.